The average molecular weight is 319 g/mol. The van der Waals surface area contributed by atoms with Crippen LogP contribution in [0.4, 0.5) is 5.69 Å². The Kier molecular flexibility index (Phi) is 4.82. The predicted molar refractivity (Wildman–Crippen MR) is 86.2 cm³/mol. The molecule has 5 nitrogen and oxygen atoms in total. The lowest BCUT2D eigenvalue weighted by molar-refractivity contribution is 0.0702. The second kappa shape index (κ2) is 6.62. The van der Waals surface area contributed by atoms with Gasteiger partial charge in [-0.1, -0.05) is 0 Å². The van der Waals surface area contributed by atoms with Gasteiger partial charge in [0, 0.05) is 12.7 Å². The Morgan fingerprint density at radius 2 is 1.68 bits per heavy atom. The van der Waals surface area contributed by atoms with E-state index in [1.807, 2.05) is 13.8 Å². The fraction of sp³-hybridized carbons (Fsp3) is 0.250. The number of amides is 1. The van der Waals surface area contributed by atoms with Gasteiger partial charge < -0.3 is 14.7 Å². The lowest BCUT2D eigenvalue weighted by atomic mass is 10.2. The van der Waals surface area contributed by atoms with Crippen LogP contribution in [0.25, 0.3) is 0 Å². The van der Waals surface area contributed by atoms with Crippen molar-refractivity contribution in [2.24, 2.45) is 0 Å². The number of carbonyl (C=O) groups is 2. The minimum Gasteiger partial charge on any atom is -0.491 e. The number of thiophene rings is 1. The summed E-state index contributed by atoms with van der Waals surface area (Å²) in [6.45, 7) is 3.89. The molecule has 22 heavy (non-hydrogen) atoms. The van der Waals surface area contributed by atoms with Crippen LogP contribution in [0.3, 0.4) is 0 Å². The number of carboxylic acid groups (broad SMARTS) is 1. The Morgan fingerprint density at radius 3 is 2.18 bits per heavy atom. The number of rotatable bonds is 5. The van der Waals surface area contributed by atoms with Crippen LogP contribution in [0.2, 0.25) is 0 Å². The molecular weight excluding hydrogens is 302 g/mol. The predicted octanol–water partition coefficient (Wildman–Crippen LogP) is 3.51. The van der Waals surface area contributed by atoms with Crippen molar-refractivity contribution >= 4 is 28.9 Å². The summed E-state index contributed by atoms with van der Waals surface area (Å²) in [6, 6.07) is 10.2. The first-order valence-electron chi connectivity index (χ1n) is 6.76. The molecule has 116 valence electrons. The van der Waals surface area contributed by atoms with E-state index in [1.165, 1.54) is 17.0 Å². The second-order valence-corrected chi connectivity index (χ2v) is 6.08. The molecule has 1 N–H and O–H groups in total. The van der Waals surface area contributed by atoms with Gasteiger partial charge >= 0.3 is 5.97 Å². The Labute approximate surface area is 132 Å². The van der Waals surface area contributed by atoms with Gasteiger partial charge in [0.15, 0.2) is 0 Å². The fourth-order valence-electron chi connectivity index (χ4n) is 1.87. The zero-order chi connectivity index (χ0) is 16.3. The molecule has 0 saturated heterocycles. The Hall–Kier alpha value is -2.34. The van der Waals surface area contributed by atoms with Gasteiger partial charge in [-0.25, -0.2) is 4.79 Å². The van der Waals surface area contributed by atoms with Gasteiger partial charge in [0.1, 0.15) is 10.6 Å². The monoisotopic (exact) mass is 319 g/mol. The molecule has 0 aliphatic heterocycles. The van der Waals surface area contributed by atoms with Crippen LogP contribution in [0, 0.1) is 0 Å². The number of aromatic carboxylic acids is 1. The van der Waals surface area contributed by atoms with E-state index in [0.717, 1.165) is 17.1 Å². The van der Waals surface area contributed by atoms with Crippen molar-refractivity contribution in [2.75, 3.05) is 11.9 Å². The van der Waals surface area contributed by atoms with Crippen molar-refractivity contribution in [2.45, 2.75) is 20.0 Å². The Balaban J connectivity index is 2.14. The highest BCUT2D eigenvalue weighted by atomic mass is 32.1. The van der Waals surface area contributed by atoms with E-state index in [0.29, 0.717) is 10.6 Å². The summed E-state index contributed by atoms with van der Waals surface area (Å²) in [5.74, 6) is -0.527. The lowest BCUT2D eigenvalue weighted by Crippen LogP contribution is -2.25. The van der Waals surface area contributed by atoms with E-state index >= 15 is 0 Å². The van der Waals surface area contributed by atoms with Gasteiger partial charge in [0.05, 0.1) is 11.0 Å². The molecule has 0 bridgehead atoms. The van der Waals surface area contributed by atoms with Crippen LogP contribution >= 0.6 is 11.3 Å². The molecule has 0 spiro atoms. The highest BCUT2D eigenvalue weighted by molar-refractivity contribution is 7.16. The maximum atomic E-state index is 12.4. The van der Waals surface area contributed by atoms with Crippen molar-refractivity contribution in [3.05, 3.63) is 46.2 Å². The first-order chi connectivity index (χ1) is 10.4. The van der Waals surface area contributed by atoms with E-state index in [9.17, 15) is 9.59 Å². The summed E-state index contributed by atoms with van der Waals surface area (Å²) < 4.78 is 5.56. The molecular formula is C16H17NO4S. The lowest BCUT2D eigenvalue weighted by Gasteiger charge is -2.17. The Bertz CT molecular complexity index is 676. The van der Waals surface area contributed by atoms with Crippen molar-refractivity contribution < 1.29 is 19.4 Å². The van der Waals surface area contributed by atoms with Crippen molar-refractivity contribution in [1.29, 1.82) is 0 Å². The van der Waals surface area contributed by atoms with E-state index < -0.39 is 5.97 Å². The van der Waals surface area contributed by atoms with E-state index in [4.69, 9.17) is 9.84 Å². The molecule has 1 aromatic carbocycles. The van der Waals surface area contributed by atoms with Crippen LogP contribution in [0.1, 0.15) is 33.2 Å². The number of carboxylic acids is 1. The van der Waals surface area contributed by atoms with Crippen molar-refractivity contribution in [1.82, 2.24) is 0 Å². The van der Waals surface area contributed by atoms with Gasteiger partial charge in [0.25, 0.3) is 5.91 Å². The average Bonchev–Trinajstić information content (AvgIpc) is 2.96. The molecule has 2 aromatic rings. The molecule has 1 amide bonds. The van der Waals surface area contributed by atoms with E-state index in [-0.39, 0.29) is 16.9 Å². The van der Waals surface area contributed by atoms with E-state index in [2.05, 4.69) is 0 Å². The molecule has 0 unspecified atom stereocenters. The molecule has 6 heteroatoms. The number of anilines is 1. The smallest absolute Gasteiger partial charge is 0.345 e. The minimum absolute atomic E-state index is 0.0887. The zero-order valence-electron chi connectivity index (χ0n) is 12.6. The molecule has 0 radical (unpaired) electrons. The normalized spacial score (nSPS) is 10.5. The first kappa shape index (κ1) is 16.0. The summed E-state index contributed by atoms with van der Waals surface area (Å²) in [6.07, 6.45) is 0.0887. The van der Waals surface area contributed by atoms with E-state index in [1.54, 1.807) is 31.3 Å². The van der Waals surface area contributed by atoms with Crippen molar-refractivity contribution in [3.8, 4) is 5.75 Å². The van der Waals surface area contributed by atoms with Crippen LogP contribution in [0.5, 0.6) is 5.75 Å². The van der Waals surface area contributed by atoms with Gasteiger partial charge in [0.2, 0.25) is 0 Å². The maximum Gasteiger partial charge on any atom is 0.345 e. The SMILES string of the molecule is CC(C)Oc1ccc(N(C)C(=O)c2ccc(C(=O)O)s2)cc1. The molecule has 0 aliphatic rings. The molecule has 0 saturated carbocycles. The summed E-state index contributed by atoms with van der Waals surface area (Å²) in [4.78, 5) is 25.3. The molecule has 0 aliphatic carbocycles. The number of ether oxygens (including phenoxy) is 1. The summed E-state index contributed by atoms with van der Waals surface area (Å²) in [5, 5.41) is 8.91. The summed E-state index contributed by atoms with van der Waals surface area (Å²) >= 11 is 0.968. The topological polar surface area (TPSA) is 66.8 Å². The number of nitrogens with zero attached hydrogens (tertiary/aromatic N) is 1. The summed E-state index contributed by atoms with van der Waals surface area (Å²) in [5.41, 5.74) is 0.714. The van der Waals surface area contributed by atoms with Gasteiger partial charge in [-0.2, -0.15) is 0 Å². The maximum absolute atomic E-state index is 12.4. The van der Waals surface area contributed by atoms with Crippen molar-refractivity contribution in [3.63, 3.8) is 0 Å². The van der Waals surface area contributed by atoms with Crippen LogP contribution < -0.4 is 9.64 Å². The second-order valence-electron chi connectivity index (χ2n) is 4.99. The number of hydrogen-bond acceptors (Lipinski definition) is 4. The number of hydrogen-bond donors (Lipinski definition) is 1. The quantitative estimate of drug-likeness (QED) is 0.916. The van der Waals surface area contributed by atoms with Gasteiger partial charge in [-0.3, -0.25) is 4.79 Å². The van der Waals surface area contributed by atoms with Crippen LogP contribution in [-0.4, -0.2) is 30.1 Å². The third-order valence-corrected chi connectivity index (χ3v) is 3.99. The third-order valence-electron chi connectivity index (χ3n) is 2.93. The standard InChI is InChI=1S/C16H17NO4S/c1-10(2)21-12-6-4-11(5-7-12)17(3)15(18)13-8-9-14(22-13)16(19)20/h4-10H,1-3H3,(H,19,20). The Morgan fingerprint density at radius 1 is 1.09 bits per heavy atom. The van der Waals surface area contributed by atoms with Crippen LogP contribution in [0.15, 0.2) is 36.4 Å². The molecule has 1 heterocycles. The minimum atomic E-state index is -1.03. The van der Waals surface area contributed by atoms with Gasteiger partial charge in [-0.15, -0.1) is 11.3 Å². The summed E-state index contributed by atoms with van der Waals surface area (Å²) in [7, 11) is 1.65. The zero-order valence-corrected chi connectivity index (χ0v) is 13.4. The number of benzene rings is 1. The molecule has 0 atom stereocenters. The van der Waals surface area contributed by atoms with Crippen LogP contribution in [-0.2, 0) is 0 Å². The molecule has 2 rings (SSSR count). The molecule has 1 aromatic heterocycles. The first-order valence-corrected chi connectivity index (χ1v) is 7.58. The largest absolute Gasteiger partial charge is 0.491 e. The van der Waals surface area contributed by atoms with Gasteiger partial charge in [-0.05, 0) is 50.2 Å². The highest BCUT2D eigenvalue weighted by Crippen LogP contribution is 2.23. The highest BCUT2D eigenvalue weighted by Gasteiger charge is 2.17. The fourth-order valence-corrected chi connectivity index (χ4v) is 2.69. The third kappa shape index (κ3) is 3.65. The molecule has 0 fully saturated rings. The number of carbonyl (C=O) groups excluding carboxylic acids is 1.